The van der Waals surface area contributed by atoms with Crippen LogP contribution in [0.3, 0.4) is 0 Å². The normalized spacial score (nSPS) is 17.9. The highest BCUT2D eigenvalue weighted by Gasteiger charge is 2.18. The summed E-state index contributed by atoms with van der Waals surface area (Å²) in [6.45, 7) is 5.92. The maximum atomic E-state index is 12.0. The fourth-order valence-corrected chi connectivity index (χ4v) is 3.96. The lowest BCUT2D eigenvalue weighted by atomic mass is 10.0. The Kier molecular flexibility index (Phi) is 9.52. The predicted octanol–water partition coefficient (Wildman–Crippen LogP) is 4.77. The molecule has 0 atom stereocenters. The van der Waals surface area contributed by atoms with Crippen molar-refractivity contribution in [2.75, 3.05) is 18.3 Å². The van der Waals surface area contributed by atoms with E-state index in [0.29, 0.717) is 22.5 Å². The molecule has 0 aromatic heterocycles. The van der Waals surface area contributed by atoms with Crippen LogP contribution in [-0.4, -0.2) is 33.8 Å². The van der Waals surface area contributed by atoms with Gasteiger partial charge in [-0.25, -0.2) is 0 Å². The highest BCUT2D eigenvalue weighted by atomic mass is 32.2. The van der Waals surface area contributed by atoms with Gasteiger partial charge in [0.1, 0.15) is 5.76 Å². The second kappa shape index (κ2) is 10.6. The van der Waals surface area contributed by atoms with Crippen LogP contribution < -0.4 is 0 Å². The maximum Gasteiger partial charge on any atom is 0.221 e. The molecule has 0 bridgehead atoms. The number of hydrogen-bond acceptors (Lipinski definition) is 5. The fraction of sp³-hybridized carbons (Fsp3) is 0.812. The minimum Gasteiger partial charge on any atom is -0.512 e. The Morgan fingerprint density at radius 3 is 2.52 bits per heavy atom. The molecule has 1 aliphatic rings. The molecule has 1 aliphatic carbocycles. The molecule has 0 saturated heterocycles. The number of hydrogen-bond donors (Lipinski definition) is 1. The van der Waals surface area contributed by atoms with Gasteiger partial charge in [0.2, 0.25) is 5.12 Å². The molecular weight excluding hydrogens is 304 g/mol. The number of allylic oxidation sites excluding steroid dienone is 1. The number of thioether (sulfide) groups is 2. The molecule has 1 N–H and O–H groups in total. The van der Waals surface area contributed by atoms with Crippen molar-refractivity contribution < 1.29 is 14.6 Å². The van der Waals surface area contributed by atoms with Crippen LogP contribution in [0.25, 0.3) is 0 Å². The topological polar surface area (TPSA) is 46.5 Å². The van der Waals surface area contributed by atoms with Gasteiger partial charge >= 0.3 is 0 Å². The average molecular weight is 333 g/mol. The van der Waals surface area contributed by atoms with Crippen LogP contribution in [-0.2, 0) is 9.53 Å². The summed E-state index contributed by atoms with van der Waals surface area (Å²) >= 11 is 3.07. The van der Waals surface area contributed by atoms with E-state index >= 15 is 0 Å². The second-order valence-electron chi connectivity index (χ2n) is 5.63. The largest absolute Gasteiger partial charge is 0.512 e. The summed E-state index contributed by atoms with van der Waals surface area (Å²) in [6, 6.07) is 0. The zero-order valence-electron chi connectivity index (χ0n) is 13.4. The molecule has 5 heteroatoms. The molecule has 122 valence electrons. The SMILES string of the molecule is CCSC(=O)/C(COCSC1CCCCC1)=C(/O)C(C)C. The first-order chi connectivity index (χ1) is 10.1. The Morgan fingerprint density at radius 2 is 1.95 bits per heavy atom. The van der Waals surface area contributed by atoms with Crippen molar-refractivity contribution in [2.24, 2.45) is 5.92 Å². The standard InChI is InChI=1S/C16H28O3S2/c1-4-20-16(18)14(15(17)12(2)3)10-19-11-21-13-8-6-5-7-9-13/h12-13,17H,4-11H2,1-3H3/b15-14+. The van der Waals surface area contributed by atoms with Crippen LogP contribution in [0.5, 0.6) is 0 Å². The molecule has 21 heavy (non-hydrogen) atoms. The Labute approximate surface area is 137 Å². The first kappa shape index (κ1) is 18.9. The van der Waals surface area contributed by atoms with Crippen LogP contribution in [0.15, 0.2) is 11.3 Å². The minimum atomic E-state index is -0.0635. The molecule has 0 aromatic rings. The highest BCUT2D eigenvalue weighted by molar-refractivity contribution is 8.14. The fourth-order valence-electron chi connectivity index (χ4n) is 2.32. The van der Waals surface area contributed by atoms with Crippen molar-refractivity contribution in [1.29, 1.82) is 0 Å². The number of carbonyl (C=O) groups excluding carboxylic acids is 1. The van der Waals surface area contributed by atoms with Crippen molar-refractivity contribution in [1.82, 2.24) is 0 Å². The Morgan fingerprint density at radius 1 is 1.29 bits per heavy atom. The third kappa shape index (κ3) is 7.11. The minimum absolute atomic E-state index is 0.0454. The molecular formula is C16H28O3S2. The van der Waals surface area contributed by atoms with Crippen molar-refractivity contribution in [3.05, 3.63) is 11.3 Å². The van der Waals surface area contributed by atoms with E-state index in [4.69, 9.17) is 4.74 Å². The van der Waals surface area contributed by atoms with Gasteiger partial charge < -0.3 is 9.84 Å². The number of aliphatic hydroxyl groups is 1. The first-order valence-electron chi connectivity index (χ1n) is 7.84. The Bertz CT molecular complexity index is 347. The molecule has 0 spiro atoms. The number of carbonyl (C=O) groups is 1. The molecule has 0 unspecified atom stereocenters. The van der Waals surface area contributed by atoms with Crippen LogP contribution in [0, 0.1) is 5.92 Å². The molecule has 1 saturated carbocycles. The lowest BCUT2D eigenvalue weighted by molar-refractivity contribution is -0.108. The predicted molar refractivity (Wildman–Crippen MR) is 92.9 cm³/mol. The Hall–Kier alpha value is -0.130. The van der Waals surface area contributed by atoms with E-state index in [9.17, 15) is 9.90 Å². The summed E-state index contributed by atoms with van der Waals surface area (Å²) in [5, 5.41) is 10.7. The molecule has 0 radical (unpaired) electrons. The van der Waals surface area contributed by atoms with E-state index in [0.717, 1.165) is 0 Å². The summed E-state index contributed by atoms with van der Waals surface area (Å²) < 4.78 is 5.65. The van der Waals surface area contributed by atoms with Crippen LogP contribution in [0.2, 0.25) is 0 Å². The van der Waals surface area contributed by atoms with E-state index in [1.54, 1.807) is 0 Å². The lowest BCUT2D eigenvalue weighted by Gasteiger charge is -2.21. The smallest absolute Gasteiger partial charge is 0.221 e. The summed E-state index contributed by atoms with van der Waals surface area (Å²) in [4.78, 5) is 12.0. The lowest BCUT2D eigenvalue weighted by Crippen LogP contribution is -2.14. The zero-order valence-corrected chi connectivity index (χ0v) is 15.0. The van der Waals surface area contributed by atoms with Gasteiger partial charge in [-0.15, -0.1) is 11.8 Å². The third-order valence-electron chi connectivity index (χ3n) is 3.56. The maximum absolute atomic E-state index is 12.0. The summed E-state index contributed by atoms with van der Waals surface area (Å²) in [7, 11) is 0. The summed E-state index contributed by atoms with van der Waals surface area (Å²) in [5.41, 5.74) is 0.432. The van der Waals surface area contributed by atoms with Gasteiger partial charge in [-0.05, 0) is 18.6 Å². The average Bonchev–Trinajstić information content (AvgIpc) is 2.47. The van der Waals surface area contributed by atoms with Gasteiger partial charge in [0.15, 0.2) is 0 Å². The molecule has 3 nitrogen and oxygen atoms in total. The van der Waals surface area contributed by atoms with Crippen LogP contribution in [0.4, 0.5) is 0 Å². The molecule has 0 heterocycles. The second-order valence-corrected chi connectivity index (χ2v) is 8.10. The molecule has 0 aromatic carbocycles. The number of aliphatic hydroxyl groups excluding tert-OH is 1. The van der Waals surface area contributed by atoms with Gasteiger partial charge in [0.05, 0.1) is 18.1 Å². The quantitative estimate of drug-likeness (QED) is 0.300. The molecule has 1 fully saturated rings. The Balaban J connectivity index is 2.42. The van der Waals surface area contributed by atoms with Crippen LogP contribution in [0.1, 0.15) is 52.9 Å². The van der Waals surface area contributed by atoms with E-state index < -0.39 is 0 Å². The van der Waals surface area contributed by atoms with E-state index in [-0.39, 0.29) is 23.4 Å². The van der Waals surface area contributed by atoms with E-state index in [1.807, 2.05) is 32.5 Å². The van der Waals surface area contributed by atoms with Gasteiger partial charge in [-0.1, -0.05) is 51.8 Å². The van der Waals surface area contributed by atoms with Crippen LogP contribution >= 0.6 is 23.5 Å². The van der Waals surface area contributed by atoms with Gasteiger partial charge in [-0.3, -0.25) is 4.79 Å². The number of ether oxygens (including phenoxy) is 1. The summed E-state index contributed by atoms with van der Waals surface area (Å²) in [6.07, 6.45) is 6.55. The van der Waals surface area contributed by atoms with E-state index in [2.05, 4.69) is 0 Å². The first-order valence-corrected chi connectivity index (χ1v) is 9.88. The summed E-state index contributed by atoms with van der Waals surface area (Å²) in [5.74, 6) is 1.44. The third-order valence-corrected chi connectivity index (χ3v) is 5.61. The number of rotatable bonds is 8. The van der Waals surface area contributed by atoms with Gasteiger partial charge in [-0.2, -0.15) is 0 Å². The molecule has 1 rings (SSSR count). The molecule has 0 aliphatic heterocycles. The van der Waals surface area contributed by atoms with Crippen molar-refractivity contribution in [3.8, 4) is 0 Å². The van der Waals surface area contributed by atoms with Crippen molar-refractivity contribution >= 4 is 28.6 Å². The van der Waals surface area contributed by atoms with Crippen molar-refractivity contribution in [2.45, 2.75) is 58.1 Å². The molecule has 0 amide bonds. The van der Waals surface area contributed by atoms with E-state index in [1.165, 1.54) is 43.9 Å². The van der Waals surface area contributed by atoms with Gasteiger partial charge in [0, 0.05) is 11.2 Å². The van der Waals surface area contributed by atoms with Gasteiger partial charge in [0.25, 0.3) is 0 Å². The van der Waals surface area contributed by atoms with Crippen molar-refractivity contribution in [3.63, 3.8) is 0 Å². The highest BCUT2D eigenvalue weighted by Crippen LogP contribution is 2.28. The monoisotopic (exact) mass is 332 g/mol. The zero-order chi connectivity index (χ0) is 15.7.